The number of fused-ring (bicyclic) bond motifs is 1. The van der Waals surface area contributed by atoms with Crippen LogP contribution >= 0.6 is 0 Å². The smallest absolute Gasteiger partial charge is 0.407 e. The number of nitrogens with zero attached hydrogens (tertiary/aromatic N) is 3. The maximum atomic E-state index is 13.5. The summed E-state index contributed by atoms with van der Waals surface area (Å²) in [5.74, 6) is -2.63. The standard InChI is InChI=1S/C34H44N6O9/c1-2-3-16-48-34(47)36-22-18-39(19-22)33(46)25(13-14-30(42)43)38-31(44)26-17-28(23-10-4-5-11-24(23)37-26)49-20-29(41)40-15-7-12-27(40)32(45)35-21-8-6-9-21/h4-5,10-11,17,21-22,25,27H,2-3,6-9,12-16,18-20H2,1H3,(H,35,45)(H,36,47)(H,38,44)(H,42,43)/t25-,27-/m0/s1. The number of ether oxygens (including phenoxy) is 2. The Morgan fingerprint density at radius 2 is 1.80 bits per heavy atom. The highest BCUT2D eigenvalue weighted by Gasteiger charge is 2.37. The zero-order valence-corrected chi connectivity index (χ0v) is 27.7. The molecular weight excluding hydrogens is 636 g/mol. The molecule has 5 amide bonds. The monoisotopic (exact) mass is 680 g/mol. The molecular formula is C34H44N6O9. The molecule has 2 atom stereocenters. The maximum absolute atomic E-state index is 13.5. The van der Waals surface area contributed by atoms with Crippen LogP contribution in [0.1, 0.15) is 75.2 Å². The predicted molar refractivity (Wildman–Crippen MR) is 176 cm³/mol. The number of benzene rings is 1. The summed E-state index contributed by atoms with van der Waals surface area (Å²) in [6.45, 7) is 2.72. The molecule has 3 fully saturated rings. The molecule has 5 rings (SSSR count). The number of carbonyl (C=O) groups is 6. The van der Waals surface area contributed by atoms with Gasteiger partial charge in [-0.3, -0.25) is 24.0 Å². The Kier molecular flexibility index (Phi) is 11.9. The number of pyridine rings is 1. The molecule has 0 bridgehead atoms. The number of alkyl carbamates (subject to hydrolysis) is 1. The molecule has 0 radical (unpaired) electrons. The van der Waals surface area contributed by atoms with E-state index in [0.717, 1.165) is 32.1 Å². The SMILES string of the molecule is CCCCOC(=O)NC1CN(C(=O)[C@H](CCC(=O)O)NC(=O)c2cc(OCC(=O)N3CCC[C@H]3C(=O)NC3CCC3)c3ccccc3n2)C1. The number of para-hydroxylation sites is 1. The Morgan fingerprint density at radius 1 is 1.02 bits per heavy atom. The zero-order chi connectivity index (χ0) is 34.9. The van der Waals surface area contributed by atoms with Gasteiger partial charge in [-0.1, -0.05) is 25.5 Å². The van der Waals surface area contributed by atoms with Gasteiger partial charge in [0.2, 0.25) is 11.8 Å². The van der Waals surface area contributed by atoms with Gasteiger partial charge >= 0.3 is 12.1 Å². The highest BCUT2D eigenvalue weighted by atomic mass is 16.5. The van der Waals surface area contributed by atoms with Gasteiger partial charge in [0.25, 0.3) is 11.8 Å². The van der Waals surface area contributed by atoms with Gasteiger partial charge in [-0.15, -0.1) is 0 Å². The van der Waals surface area contributed by atoms with Gasteiger partial charge in [0, 0.05) is 43.5 Å². The lowest BCUT2D eigenvalue weighted by atomic mass is 9.93. The second kappa shape index (κ2) is 16.4. The normalized spacial score (nSPS) is 18.2. The van der Waals surface area contributed by atoms with E-state index in [-0.39, 0.29) is 67.9 Å². The van der Waals surface area contributed by atoms with Gasteiger partial charge in [0.1, 0.15) is 23.5 Å². The number of hydrogen-bond acceptors (Lipinski definition) is 9. The van der Waals surface area contributed by atoms with Crippen LogP contribution in [-0.4, -0.2) is 113 Å². The lowest BCUT2D eigenvalue weighted by molar-refractivity contribution is -0.140. The lowest BCUT2D eigenvalue weighted by Crippen LogP contribution is -2.64. The van der Waals surface area contributed by atoms with Crippen molar-refractivity contribution >= 4 is 46.6 Å². The molecule has 3 aliphatic rings. The van der Waals surface area contributed by atoms with Crippen LogP contribution in [0.25, 0.3) is 10.9 Å². The number of likely N-dealkylation sites (tertiary alicyclic amines) is 2. The van der Waals surface area contributed by atoms with Gasteiger partial charge in [0.05, 0.1) is 18.2 Å². The number of unbranched alkanes of at least 4 members (excludes halogenated alkanes) is 1. The van der Waals surface area contributed by atoms with Crippen LogP contribution in [0.15, 0.2) is 30.3 Å². The van der Waals surface area contributed by atoms with Crippen molar-refractivity contribution in [3.63, 3.8) is 0 Å². The van der Waals surface area contributed by atoms with Crippen molar-refractivity contribution in [2.75, 3.05) is 32.8 Å². The molecule has 0 spiro atoms. The summed E-state index contributed by atoms with van der Waals surface area (Å²) in [4.78, 5) is 83.7. The van der Waals surface area contributed by atoms with Gasteiger partial charge in [-0.05, 0) is 57.1 Å². The molecule has 1 aliphatic carbocycles. The van der Waals surface area contributed by atoms with Crippen LogP contribution in [0.2, 0.25) is 0 Å². The molecule has 15 nitrogen and oxygen atoms in total. The molecule has 1 aromatic carbocycles. The van der Waals surface area contributed by atoms with Crippen LogP contribution < -0.4 is 20.7 Å². The Labute approximate surface area is 284 Å². The van der Waals surface area contributed by atoms with Gasteiger partial charge in [0.15, 0.2) is 6.61 Å². The van der Waals surface area contributed by atoms with Crippen LogP contribution in [0.5, 0.6) is 5.75 Å². The van der Waals surface area contributed by atoms with E-state index < -0.39 is 36.0 Å². The first-order valence-corrected chi connectivity index (χ1v) is 17.0. The van der Waals surface area contributed by atoms with E-state index in [2.05, 4.69) is 20.9 Å². The van der Waals surface area contributed by atoms with E-state index in [1.165, 1.54) is 15.9 Å². The average molecular weight is 681 g/mol. The van der Waals surface area contributed by atoms with Crippen LogP contribution in [0, 0.1) is 0 Å². The fraction of sp³-hybridized carbons (Fsp3) is 0.559. The van der Waals surface area contributed by atoms with Gasteiger partial charge in [-0.25, -0.2) is 9.78 Å². The van der Waals surface area contributed by atoms with E-state index in [4.69, 9.17) is 9.47 Å². The molecule has 4 N–H and O–H groups in total. The van der Waals surface area contributed by atoms with E-state index in [1.54, 1.807) is 24.3 Å². The molecule has 264 valence electrons. The molecule has 0 unspecified atom stereocenters. The number of carbonyl (C=O) groups excluding carboxylic acids is 5. The second-order valence-corrected chi connectivity index (χ2v) is 12.7. The Morgan fingerprint density at radius 3 is 2.51 bits per heavy atom. The van der Waals surface area contributed by atoms with Crippen LogP contribution in [-0.2, 0) is 23.9 Å². The lowest BCUT2D eigenvalue weighted by Gasteiger charge is -2.41. The number of rotatable bonds is 15. The van der Waals surface area contributed by atoms with Crippen molar-refractivity contribution in [3.05, 3.63) is 36.0 Å². The van der Waals surface area contributed by atoms with Crippen molar-refractivity contribution < 1.29 is 43.3 Å². The summed E-state index contributed by atoms with van der Waals surface area (Å²) in [5, 5.41) is 18.2. The number of aromatic nitrogens is 1. The fourth-order valence-electron chi connectivity index (χ4n) is 6.03. The molecule has 3 heterocycles. The van der Waals surface area contributed by atoms with Crippen LogP contribution in [0.3, 0.4) is 0 Å². The predicted octanol–water partition coefficient (Wildman–Crippen LogP) is 1.97. The average Bonchev–Trinajstić information content (AvgIpc) is 3.55. The minimum absolute atomic E-state index is 0.0915. The Bertz CT molecular complexity index is 1560. The van der Waals surface area contributed by atoms with Crippen molar-refractivity contribution in [1.82, 2.24) is 30.7 Å². The number of aliphatic carboxylic acids is 1. The van der Waals surface area contributed by atoms with E-state index in [1.807, 2.05) is 6.92 Å². The molecule has 1 aromatic heterocycles. The summed E-state index contributed by atoms with van der Waals surface area (Å²) in [6, 6.07) is 6.40. The molecule has 49 heavy (non-hydrogen) atoms. The third kappa shape index (κ3) is 9.15. The van der Waals surface area contributed by atoms with Crippen LogP contribution in [0.4, 0.5) is 4.79 Å². The van der Waals surface area contributed by atoms with E-state index >= 15 is 0 Å². The molecule has 15 heteroatoms. The minimum Gasteiger partial charge on any atom is -0.483 e. The van der Waals surface area contributed by atoms with Crippen molar-refractivity contribution in [1.29, 1.82) is 0 Å². The first kappa shape index (κ1) is 35.4. The highest BCUT2D eigenvalue weighted by molar-refractivity contribution is 5.99. The summed E-state index contributed by atoms with van der Waals surface area (Å²) in [7, 11) is 0. The number of amides is 5. The third-order valence-corrected chi connectivity index (χ3v) is 9.09. The largest absolute Gasteiger partial charge is 0.483 e. The molecule has 2 aromatic rings. The first-order chi connectivity index (χ1) is 23.6. The molecule has 2 aliphatic heterocycles. The topological polar surface area (TPSA) is 197 Å². The summed E-state index contributed by atoms with van der Waals surface area (Å²) in [6.07, 6.45) is 4.78. The maximum Gasteiger partial charge on any atom is 0.407 e. The zero-order valence-electron chi connectivity index (χ0n) is 27.7. The quantitative estimate of drug-likeness (QED) is 0.202. The first-order valence-electron chi connectivity index (χ1n) is 17.0. The van der Waals surface area contributed by atoms with Crippen molar-refractivity contribution in [2.24, 2.45) is 0 Å². The fourth-order valence-corrected chi connectivity index (χ4v) is 6.03. The number of hydrogen-bond donors (Lipinski definition) is 4. The van der Waals surface area contributed by atoms with E-state index in [0.29, 0.717) is 36.9 Å². The summed E-state index contributed by atoms with van der Waals surface area (Å²) >= 11 is 0. The van der Waals surface area contributed by atoms with Crippen molar-refractivity contribution in [2.45, 2.75) is 88.9 Å². The number of carboxylic acid groups (broad SMARTS) is 1. The van der Waals surface area contributed by atoms with E-state index in [9.17, 15) is 33.9 Å². The summed E-state index contributed by atoms with van der Waals surface area (Å²) in [5.41, 5.74) is 0.318. The second-order valence-electron chi connectivity index (χ2n) is 12.7. The number of nitrogens with one attached hydrogen (secondary N) is 3. The number of carboxylic acids is 1. The highest BCUT2D eigenvalue weighted by Crippen LogP contribution is 2.27. The molecule has 1 saturated carbocycles. The van der Waals surface area contributed by atoms with Gasteiger partial charge in [-0.2, -0.15) is 0 Å². The summed E-state index contributed by atoms with van der Waals surface area (Å²) < 4.78 is 11.1. The Hall–Kier alpha value is -4.95. The molecule has 2 saturated heterocycles. The minimum atomic E-state index is -1.17. The van der Waals surface area contributed by atoms with Gasteiger partial charge < -0.3 is 40.3 Å². The third-order valence-electron chi connectivity index (χ3n) is 9.09. The van der Waals surface area contributed by atoms with Crippen molar-refractivity contribution in [3.8, 4) is 5.75 Å². The Balaban J connectivity index is 1.23.